The summed E-state index contributed by atoms with van der Waals surface area (Å²) in [5.41, 5.74) is 2.42. The smallest absolute Gasteiger partial charge is 0.257 e. The van der Waals surface area contributed by atoms with Crippen molar-refractivity contribution >= 4 is 5.91 Å². The second-order valence-electron chi connectivity index (χ2n) is 5.21. The summed E-state index contributed by atoms with van der Waals surface area (Å²) in [6.07, 6.45) is 4.22. The minimum absolute atomic E-state index is 0.0581. The van der Waals surface area contributed by atoms with Crippen molar-refractivity contribution in [2.24, 2.45) is 7.05 Å². The first kappa shape index (κ1) is 12.8. The van der Waals surface area contributed by atoms with Crippen LogP contribution in [0, 0.1) is 13.8 Å². The summed E-state index contributed by atoms with van der Waals surface area (Å²) in [6.45, 7) is 5.19. The third kappa shape index (κ3) is 1.99. The molecule has 3 heterocycles. The maximum atomic E-state index is 12.6. The van der Waals surface area contributed by atoms with Gasteiger partial charge in [-0.3, -0.25) is 9.48 Å². The molecule has 2 aromatic rings. The predicted molar refractivity (Wildman–Crippen MR) is 72.3 cm³/mol. The van der Waals surface area contributed by atoms with Crippen molar-refractivity contribution < 1.29 is 4.79 Å². The number of aromatic nitrogens is 5. The van der Waals surface area contributed by atoms with Crippen molar-refractivity contribution in [1.29, 1.82) is 0 Å². The molecular weight excluding hydrogens is 256 g/mol. The molecule has 20 heavy (non-hydrogen) atoms. The van der Waals surface area contributed by atoms with Crippen molar-refractivity contribution in [3.05, 3.63) is 29.3 Å². The van der Waals surface area contributed by atoms with Crippen LogP contribution in [0.3, 0.4) is 0 Å². The van der Waals surface area contributed by atoms with Gasteiger partial charge in [0, 0.05) is 25.8 Å². The summed E-state index contributed by atoms with van der Waals surface area (Å²) < 4.78 is 1.76. The summed E-state index contributed by atoms with van der Waals surface area (Å²) in [7, 11) is 1.86. The van der Waals surface area contributed by atoms with Crippen LogP contribution in [0.4, 0.5) is 0 Å². The SMILES string of the molecule is Cc1nn(C)c(C)c1C(=O)N1CCC(n2nccn2)C1. The fourth-order valence-electron chi connectivity index (χ4n) is 2.77. The molecule has 106 valence electrons. The molecule has 3 rings (SSSR count). The van der Waals surface area contributed by atoms with Crippen LogP contribution in [-0.4, -0.2) is 48.7 Å². The molecule has 0 N–H and O–H groups in total. The van der Waals surface area contributed by atoms with Gasteiger partial charge in [-0.15, -0.1) is 0 Å². The Morgan fingerprint density at radius 3 is 2.60 bits per heavy atom. The second kappa shape index (κ2) is 4.73. The van der Waals surface area contributed by atoms with E-state index < -0.39 is 0 Å². The molecule has 0 spiro atoms. The first-order chi connectivity index (χ1) is 9.58. The lowest BCUT2D eigenvalue weighted by atomic mass is 10.1. The highest BCUT2D eigenvalue weighted by molar-refractivity contribution is 5.96. The molecule has 1 aliphatic heterocycles. The van der Waals surface area contributed by atoms with Gasteiger partial charge in [-0.1, -0.05) is 0 Å². The van der Waals surface area contributed by atoms with Crippen molar-refractivity contribution in [1.82, 2.24) is 29.7 Å². The first-order valence-electron chi connectivity index (χ1n) is 6.73. The summed E-state index contributed by atoms with van der Waals surface area (Å²) in [4.78, 5) is 16.2. The Morgan fingerprint density at radius 2 is 2.00 bits per heavy atom. The van der Waals surface area contributed by atoms with Crippen LogP contribution in [0.25, 0.3) is 0 Å². The maximum absolute atomic E-state index is 12.6. The van der Waals surface area contributed by atoms with Crippen LogP contribution in [0.15, 0.2) is 12.4 Å². The molecule has 1 atom stereocenters. The van der Waals surface area contributed by atoms with Gasteiger partial charge in [0.25, 0.3) is 5.91 Å². The molecule has 1 saturated heterocycles. The van der Waals surface area contributed by atoms with Gasteiger partial charge in [0.2, 0.25) is 0 Å². The van der Waals surface area contributed by atoms with Crippen molar-refractivity contribution in [3.8, 4) is 0 Å². The van der Waals surface area contributed by atoms with Gasteiger partial charge in [-0.2, -0.15) is 20.1 Å². The van der Waals surface area contributed by atoms with Crippen molar-refractivity contribution in [3.63, 3.8) is 0 Å². The summed E-state index contributed by atoms with van der Waals surface area (Å²) in [5, 5.41) is 12.6. The summed E-state index contributed by atoms with van der Waals surface area (Å²) in [5.74, 6) is 0.0581. The van der Waals surface area contributed by atoms with Gasteiger partial charge in [0.1, 0.15) is 0 Å². The Kier molecular flexibility index (Phi) is 3.04. The van der Waals surface area contributed by atoms with Crippen LogP contribution in [0.5, 0.6) is 0 Å². The second-order valence-corrected chi connectivity index (χ2v) is 5.21. The zero-order chi connectivity index (χ0) is 14.3. The number of carbonyl (C=O) groups is 1. The van der Waals surface area contributed by atoms with E-state index in [1.165, 1.54) is 0 Å². The minimum Gasteiger partial charge on any atom is -0.336 e. The topological polar surface area (TPSA) is 68.8 Å². The van der Waals surface area contributed by atoms with E-state index in [0.29, 0.717) is 6.54 Å². The number of amides is 1. The molecule has 7 nitrogen and oxygen atoms in total. The van der Waals surface area contributed by atoms with E-state index in [1.54, 1.807) is 21.9 Å². The lowest BCUT2D eigenvalue weighted by molar-refractivity contribution is 0.0784. The maximum Gasteiger partial charge on any atom is 0.257 e. The third-order valence-corrected chi connectivity index (χ3v) is 3.94. The van der Waals surface area contributed by atoms with Gasteiger partial charge >= 0.3 is 0 Å². The molecule has 1 aliphatic rings. The van der Waals surface area contributed by atoms with E-state index in [4.69, 9.17) is 0 Å². The lowest BCUT2D eigenvalue weighted by Gasteiger charge is -2.16. The zero-order valence-electron chi connectivity index (χ0n) is 11.9. The number of aryl methyl sites for hydroxylation is 2. The third-order valence-electron chi connectivity index (χ3n) is 3.94. The number of carbonyl (C=O) groups excluding carboxylic acids is 1. The molecule has 0 bridgehead atoms. The predicted octanol–water partition coefficient (Wildman–Crippen LogP) is 0.716. The highest BCUT2D eigenvalue weighted by Crippen LogP contribution is 2.23. The average Bonchev–Trinajstić information content (AvgIpc) is 3.12. The van der Waals surface area contributed by atoms with Gasteiger partial charge in [0.15, 0.2) is 0 Å². The minimum atomic E-state index is 0.0581. The van der Waals surface area contributed by atoms with Crippen molar-refractivity contribution in [2.45, 2.75) is 26.3 Å². The number of likely N-dealkylation sites (tertiary alicyclic amines) is 1. The molecule has 0 saturated carbocycles. The lowest BCUT2D eigenvalue weighted by Crippen LogP contribution is -2.30. The number of nitrogens with zero attached hydrogens (tertiary/aromatic N) is 6. The largest absolute Gasteiger partial charge is 0.336 e. The van der Waals surface area contributed by atoms with E-state index in [-0.39, 0.29) is 11.9 Å². The van der Waals surface area contributed by atoms with Crippen LogP contribution < -0.4 is 0 Å². The van der Waals surface area contributed by atoms with Crippen LogP contribution in [-0.2, 0) is 7.05 Å². The zero-order valence-corrected chi connectivity index (χ0v) is 11.9. The number of hydrogen-bond acceptors (Lipinski definition) is 4. The molecule has 0 aromatic carbocycles. The Labute approximate surface area is 117 Å². The van der Waals surface area contributed by atoms with Gasteiger partial charge in [-0.25, -0.2) is 0 Å². The van der Waals surface area contributed by atoms with E-state index in [9.17, 15) is 4.79 Å². The summed E-state index contributed by atoms with van der Waals surface area (Å²) in [6, 6.07) is 0.172. The highest BCUT2D eigenvalue weighted by Gasteiger charge is 2.31. The molecule has 1 unspecified atom stereocenters. The Bertz CT molecular complexity index is 630. The Balaban J connectivity index is 1.79. The van der Waals surface area contributed by atoms with Crippen LogP contribution >= 0.6 is 0 Å². The summed E-state index contributed by atoms with van der Waals surface area (Å²) >= 11 is 0. The molecular formula is C13H18N6O. The highest BCUT2D eigenvalue weighted by atomic mass is 16.2. The molecule has 1 amide bonds. The molecule has 7 heteroatoms. The van der Waals surface area contributed by atoms with Crippen LogP contribution in [0.1, 0.15) is 34.2 Å². The standard InChI is InChI=1S/C13H18N6O/c1-9-12(10(2)17(3)16-9)13(20)18-7-4-11(8-18)19-14-5-6-15-19/h5-6,11H,4,7-8H2,1-3H3. The molecule has 2 aromatic heterocycles. The normalized spacial score (nSPS) is 18.8. The molecule has 1 fully saturated rings. The quantitative estimate of drug-likeness (QED) is 0.809. The van der Waals surface area contributed by atoms with E-state index in [0.717, 1.165) is 29.9 Å². The number of hydrogen-bond donors (Lipinski definition) is 0. The monoisotopic (exact) mass is 274 g/mol. The Hall–Kier alpha value is -2.18. The van der Waals surface area contributed by atoms with Crippen LogP contribution in [0.2, 0.25) is 0 Å². The van der Waals surface area contributed by atoms with E-state index >= 15 is 0 Å². The van der Waals surface area contributed by atoms with E-state index in [1.807, 2.05) is 25.8 Å². The van der Waals surface area contributed by atoms with Crippen molar-refractivity contribution in [2.75, 3.05) is 13.1 Å². The fraction of sp³-hybridized carbons (Fsp3) is 0.538. The Morgan fingerprint density at radius 1 is 1.30 bits per heavy atom. The first-order valence-corrected chi connectivity index (χ1v) is 6.73. The van der Waals surface area contributed by atoms with Gasteiger partial charge in [-0.05, 0) is 20.3 Å². The average molecular weight is 274 g/mol. The number of rotatable bonds is 2. The molecule has 0 aliphatic carbocycles. The van der Waals surface area contributed by atoms with Gasteiger partial charge in [0.05, 0.1) is 29.7 Å². The fourth-order valence-corrected chi connectivity index (χ4v) is 2.77. The van der Waals surface area contributed by atoms with Gasteiger partial charge < -0.3 is 4.90 Å². The molecule has 0 radical (unpaired) electrons. The van der Waals surface area contributed by atoms with E-state index in [2.05, 4.69) is 15.3 Å².